The van der Waals surface area contributed by atoms with E-state index < -0.39 is 0 Å². The summed E-state index contributed by atoms with van der Waals surface area (Å²) in [6, 6.07) is 0. The summed E-state index contributed by atoms with van der Waals surface area (Å²) in [6.45, 7) is 4.55. The number of ether oxygens (including phenoxy) is 2. The number of hydrogen-bond donors (Lipinski definition) is 0. The lowest BCUT2D eigenvalue weighted by atomic mass is 10.0. The van der Waals surface area contributed by atoms with Gasteiger partial charge in [-0.15, -0.1) is 0 Å². The first-order chi connectivity index (χ1) is 8.77. The minimum absolute atomic E-state index is 0.306. The van der Waals surface area contributed by atoms with Gasteiger partial charge < -0.3 is 14.0 Å². The van der Waals surface area contributed by atoms with Crippen molar-refractivity contribution in [2.45, 2.75) is 25.0 Å². The molecule has 1 aromatic heterocycles. The number of piperidine rings is 1. The summed E-state index contributed by atoms with van der Waals surface area (Å²) < 4.78 is 13.7. The summed E-state index contributed by atoms with van der Waals surface area (Å²) in [7, 11) is 2.04. The summed E-state index contributed by atoms with van der Waals surface area (Å²) in [5.41, 5.74) is 0. The van der Waals surface area contributed by atoms with Gasteiger partial charge in [-0.2, -0.15) is 0 Å². The van der Waals surface area contributed by atoms with Gasteiger partial charge in [0.1, 0.15) is 5.82 Å². The van der Waals surface area contributed by atoms with E-state index in [9.17, 15) is 0 Å². The Morgan fingerprint density at radius 1 is 1.39 bits per heavy atom. The lowest BCUT2D eigenvalue weighted by Gasteiger charge is -2.38. The van der Waals surface area contributed by atoms with E-state index >= 15 is 0 Å². The van der Waals surface area contributed by atoms with Crippen LogP contribution in [-0.2, 0) is 22.9 Å². The number of aromatic nitrogens is 2. The molecule has 0 aliphatic carbocycles. The second kappa shape index (κ2) is 4.99. The summed E-state index contributed by atoms with van der Waals surface area (Å²) in [5, 5.41) is 0. The van der Waals surface area contributed by atoms with Gasteiger partial charge in [0.15, 0.2) is 5.79 Å². The predicted molar refractivity (Wildman–Crippen MR) is 67.2 cm³/mol. The number of hydrogen-bond acceptors (Lipinski definition) is 4. The molecule has 0 bridgehead atoms. The Balaban J connectivity index is 1.55. The second-order valence-electron chi connectivity index (χ2n) is 5.19. The molecule has 0 amide bonds. The topological polar surface area (TPSA) is 39.5 Å². The summed E-state index contributed by atoms with van der Waals surface area (Å²) in [4.78, 5) is 6.80. The smallest absolute Gasteiger partial charge is 0.181 e. The van der Waals surface area contributed by atoms with Crippen molar-refractivity contribution in [1.82, 2.24) is 14.5 Å². The van der Waals surface area contributed by atoms with Crippen LogP contribution in [0.5, 0.6) is 0 Å². The van der Waals surface area contributed by atoms with Crippen molar-refractivity contribution in [3.05, 3.63) is 18.2 Å². The largest absolute Gasteiger partial charge is 0.346 e. The average molecular weight is 251 g/mol. The fourth-order valence-corrected chi connectivity index (χ4v) is 2.89. The van der Waals surface area contributed by atoms with Gasteiger partial charge in [0.2, 0.25) is 0 Å². The first-order valence-electron chi connectivity index (χ1n) is 6.74. The molecular weight excluding hydrogens is 230 g/mol. The van der Waals surface area contributed by atoms with E-state index in [2.05, 4.69) is 14.5 Å². The average Bonchev–Trinajstić information content (AvgIpc) is 2.97. The van der Waals surface area contributed by atoms with Crippen molar-refractivity contribution in [1.29, 1.82) is 0 Å². The van der Waals surface area contributed by atoms with E-state index in [0.29, 0.717) is 0 Å². The van der Waals surface area contributed by atoms with E-state index in [1.54, 1.807) is 0 Å². The minimum Gasteiger partial charge on any atom is -0.346 e. The van der Waals surface area contributed by atoms with E-state index in [1.807, 2.05) is 19.4 Å². The molecule has 3 heterocycles. The Hall–Kier alpha value is -0.910. The van der Waals surface area contributed by atoms with Crippen molar-refractivity contribution < 1.29 is 9.47 Å². The minimum atomic E-state index is -0.306. The van der Waals surface area contributed by atoms with Crippen LogP contribution in [-0.4, -0.2) is 53.1 Å². The van der Waals surface area contributed by atoms with Gasteiger partial charge in [-0.1, -0.05) is 0 Å². The first-order valence-corrected chi connectivity index (χ1v) is 6.74. The highest BCUT2D eigenvalue weighted by Crippen LogP contribution is 2.29. The summed E-state index contributed by atoms with van der Waals surface area (Å²) >= 11 is 0. The SMILES string of the molecule is Cn1ccnc1CCN1CCCC2(C1)OCCO2. The van der Waals surface area contributed by atoms with Crippen molar-refractivity contribution >= 4 is 0 Å². The molecule has 1 spiro atoms. The number of rotatable bonds is 3. The zero-order valence-corrected chi connectivity index (χ0v) is 11.0. The predicted octanol–water partition coefficient (Wildman–Crippen LogP) is 0.801. The third kappa shape index (κ3) is 2.43. The van der Waals surface area contributed by atoms with Gasteiger partial charge in [-0.3, -0.25) is 4.90 Å². The van der Waals surface area contributed by atoms with Crippen LogP contribution >= 0.6 is 0 Å². The Morgan fingerprint density at radius 3 is 2.94 bits per heavy atom. The molecule has 5 nitrogen and oxygen atoms in total. The molecule has 0 unspecified atom stereocenters. The molecular formula is C13H21N3O2. The van der Waals surface area contributed by atoms with Crippen molar-refractivity contribution in [2.75, 3.05) is 32.8 Å². The third-order valence-electron chi connectivity index (χ3n) is 3.88. The molecule has 0 aromatic carbocycles. The monoisotopic (exact) mass is 251 g/mol. The molecule has 0 saturated carbocycles. The van der Waals surface area contributed by atoms with Crippen LogP contribution in [0.1, 0.15) is 18.7 Å². The van der Waals surface area contributed by atoms with Crippen molar-refractivity contribution in [3.63, 3.8) is 0 Å². The van der Waals surface area contributed by atoms with Gasteiger partial charge in [0.05, 0.1) is 19.8 Å². The number of nitrogens with zero attached hydrogens (tertiary/aromatic N) is 3. The highest BCUT2D eigenvalue weighted by Gasteiger charge is 2.40. The Labute approximate surface area is 108 Å². The first kappa shape index (κ1) is 12.1. The maximum Gasteiger partial charge on any atom is 0.181 e. The molecule has 2 aliphatic heterocycles. The highest BCUT2D eigenvalue weighted by atomic mass is 16.7. The molecule has 2 saturated heterocycles. The molecule has 2 fully saturated rings. The summed E-state index contributed by atoms with van der Waals surface area (Å²) in [6.07, 6.45) is 7.03. The Kier molecular flexibility index (Phi) is 3.37. The van der Waals surface area contributed by atoms with Crippen LogP contribution in [0, 0.1) is 0 Å². The number of aryl methyl sites for hydroxylation is 1. The number of imidazole rings is 1. The van der Waals surface area contributed by atoms with E-state index in [0.717, 1.165) is 57.9 Å². The number of likely N-dealkylation sites (tertiary alicyclic amines) is 1. The van der Waals surface area contributed by atoms with E-state index in [4.69, 9.17) is 9.47 Å². The van der Waals surface area contributed by atoms with Crippen molar-refractivity contribution in [2.24, 2.45) is 7.05 Å². The molecule has 0 N–H and O–H groups in total. The molecule has 3 rings (SSSR count). The third-order valence-corrected chi connectivity index (χ3v) is 3.88. The van der Waals surface area contributed by atoms with E-state index in [1.165, 1.54) is 0 Å². The van der Waals surface area contributed by atoms with Crippen LogP contribution < -0.4 is 0 Å². The quantitative estimate of drug-likeness (QED) is 0.796. The second-order valence-corrected chi connectivity index (χ2v) is 5.19. The van der Waals surface area contributed by atoms with Crippen molar-refractivity contribution in [3.8, 4) is 0 Å². The molecule has 0 atom stereocenters. The van der Waals surface area contributed by atoms with Crippen LogP contribution in [0.3, 0.4) is 0 Å². The van der Waals surface area contributed by atoms with Gasteiger partial charge in [0.25, 0.3) is 0 Å². The lowest BCUT2D eigenvalue weighted by molar-refractivity contribution is -0.189. The Bertz CT molecular complexity index is 399. The fraction of sp³-hybridized carbons (Fsp3) is 0.769. The molecule has 18 heavy (non-hydrogen) atoms. The molecule has 5 heteroatoms. The maximum atomic E-state index is 5.79. The highest BCUT2D eigenvalue weighted by molar-refractivity contribution is 4.93. The molecule has 1 aromatic rings. The van der Waals surface area contributed by atoms with Crippen LogP contribution in [0.4, 0.5) is 0 Å². The van der Waals surface area contributed by atoms with Crippen LogP contribution in [0.15, 0.2) is 12.4 Å². The van der Waals surface area contributed by atoms with Crippen LogP contribution in [0.25, 0.3) is 0 Å². The van der Waals surface area contributed by atoms with Gasteiger partial charge in [-0.25, -0.2) is 4.98 Å². The molecule has 0 radical (unpaired) electrons. The molecule has 100 valence electrons. The molecule has 2 aliphatic rings. The normalized spacial score (nSPS) is 23.8. The Morgan fingerprint density at radius 2 is 2.22 bits per heavy atom. The zero-order chi connectivity index (χ0) is 12.4. The summed E-state index contributed by atoms with van der Waals surface area (Å²) in [5.74, 6) is 0.836. The zero-order valence-electron chi connectivity index (χ0n) is 11.0. The van der Waals surface area contributed by atoms with Crippen LogP contribution in [0.2, 0.25) is 0 Å². The van der Waals surface area contributed by atoms with Gasteiger partial charge in [-0.05, 0) is 13.0 Å². The fourth-order valence-electron chi connectivity index (χ4n) is 2.89. The lowest BCUT2D eigenvalue weighted by Crippen LogP contribution is -2.49. The standard InChI is InChI=1S/C13H21N3O2/c1-15-8-5-14-12(15)3-7-16-6-2-4-13(11-16)17-9-10-18-13/h5,8H,2-4,6-7,9-11H2,1H3. The van der Waals surface area contributed by atoms with E-state index in [-0.39, 0.29) is 5.79 Å². The van der Waals surface area contributed by atoms with Gasteiger partial charge >= 0.3 is 0 Å². The maximum absolute atomic E-state index is 5.79. The van der Waals surface area contributed by atoms with Gasteiger partial charge in [0, 0.05) is 38.8 Å².